The van der Waals surface area contributed by atoms with E-state index in [1.165, 1.54) is 24.3 Å². The molecular weight excluding hydrogens is 330 g/mol. The maximum atomic E-state index is 10.9. The third-order valence-corrected chi connectivity index (χ3v) is 5.30. The zero-order chi connectivity index (χ0) is 18.9. The van der Waals surface area contributed by atoms with E-state index in [1.54, 1.807) is 0 Å². The minimum absolute atomic E-state index is 0.0484. The molecule has 2 aliphatic carbocycles. The van der Waals surface area contributed by atoms with Gasteiger partial charge in [0.1, 0.15) is 11.5 Å². The van der Waals surface area contributed by atoms with Crippen LogP contribution in [0.15, 0.2) is 47.2 Å². The SMILES string of the molecule is N#CC1=C(N)[C@](C#N)(c2ccc([N+](=O)[O-])cc2)[C@@H](C#N)[C@H]2CCCC=C12. The molecule has 0 fully saturated rings. The van der Waals surface area contributed by atoms with Gasteiger partial charge in [0.05, 0.1) is 34.2 Å². The minimum atomic E-state index is -1.51. The quantitative estimate of drug-likeness (QED) is 0.645. The first-order valence-corrected chi connectivity index (χ1v) is 8.17. The van der Waals surface area contributed by atoms with Crippen molar-refractivity contribution in [1.82, 2.24) is 0 Å². The fourth-order valence-corrected chi connectivity index (χ4v) is 4.04. The number of nitro benzene ring substituents is 1. The molecule has 0 saturated heterocycles. The summed E-state index contributed by atoms with van der Waals surface area (Å²) in [5, 5.41) is 40.5. The van der Waals surface area contributed by atoms with Gasteiger partial charge in [-0.15, -0.1) is 0 Å². The van der Waals surface area contributed by atoms with Crippen LogP contribution < -0.4 is 5.73 Å². The summed E-state index contributed by atoms with van der Waals surface area (Å²) in [6.07, 6.45) is 4.30. The van der Waals surface area contributed by atoms with Gasteiger partial charge >= 0.3 is 0 Å². The first kappa shape index (κ1) is 17.2. The van der Waals surface area contributed by atoms with Crippen LogP contribution in [0.3, 0.4) is 0 Å². The Labute approximate surface area is 150 Å². The van der Waals surface area contributed by atoms with Crippen LogP contribution in [0, 0.1) is 55.9 Å². The van der Waals surface area contributed by atoms with Gasteiger partial charge in [-0.1, -0.05) is 18.2 Å². The molecule has 1 aromatic rings. The lowest BCUT2D eigenvalue weighted by Crippen LogP contribution is -2.47. The number of nitriles is 3. The molecule has 2 N–H and O–H groups in total. The third-order valence-electron chi connectivity index (χ3n) is 5.30. The van der Waals surface area contributed by atoms with Gasteiger partial charge in [-0.05, 0) is 30.4 Å². The normalized spacial score (nSPS) is 27.3. The summed E-state index contributed by atoms with van der Waals surface area (Å²) in [5.41, 5.74) is 6.11. The number of non-ortho nitro benzene ring substituents is 1. The lowest BCUT2D eigenvalue weighted by atomic mass is 9.56. The fourth-order valence-electron chi connectivity index (χ4n) is 4.04. The van der Waals surface area contributed by atoms with Gasteiger partial charge in [-0.3, -0.25) is 10.1 Å². The number of nitrogens with zero attached hydrogens (tertiary/aromatic N) is 4. The van der Waals surface area contributed by atoms with Crippen molar-refractivity contribution in [1.29, 1.82) is 15.8 Å². The molecule has 26 heavy (non-hydrogen) atoms. The maximum Gasteiger partial charge on any atom is 0.269 e. The standard InChI is InChI=1S/C19H15N5O2/c20-9-16-14-3-1-2-4-15(14)17(10-21)19(11-22,18(16)23)12-5-7-13(8-6-12)24(25)26/h3,5-8,15,17H,1-2,4,23H2/t15-,17-,19+/m0/s1. The van der Waals surface area contributed by atoms with Crippen molar-refractivity contribution in [2.24, 2.45) is 17.6 Å². The summed E-state index contributed by atoms with van der Waals surface area (Å²) in [5.74, 6) is -1.02. The summed E-state index contributed by atoms with van der Waals surface area (Å²) in [7, 11) is 0. The summed E-state index contributed by atoms with van der Waals surface area (Å²) in [6.45, 7) is 0. The number of nitro groups is 1. The van der Waals surface area contributed by atoms with Crippen LogP contribution in [0.2, 0.25) is 0 Å². The number of rotatable bonds is 2. The van der Waals surface area contributed by atoms with E-state index < -0.39 is 16.3 Å². The van der Waals surface area contributed by atoms with Crippen molar-refractivity contribution >= 4 is 5.69 Å². The second-order valence-corrected chi connectivity index (χ2v) is 6.43. The van der Waals surface area contributed by atoms with Gasteiger partial charge in [0.15, 0.2) is 0 Å². The Bertz CT molecular complexity index is 956. The monoisotopic (exact) mass is 345 g/mol. The highest BCUT2D eigenvalue weighted by Gasteiger charge is 2.54. The molecule has 0 heterocycles. The summed E-state index contributed by atoms with van der Waals surface area (Å²) in [4.78, 5) is 10.4. The van der Waals surface area contributed by atoms with Crippen LogP contribution in [0.1, 0.15) is 24.8 Å². The average Bonchev–Trinajstić information content (AvgIpc) is 2.67. The number of benzene rings is 1. The lowest BCUT2D eigenvalue weighted by Gasteiger charge is -2.43. The van der Waals surface area contributed by atoms with Gasteiger partial charge in [0, 0.05) is 18.1 Å². The van der Waals surface area contributed by atoms with E-state index in [1.807, 2.05) is 6.08 Å². The van der Waals surface area contributed by atoms with Gasteiger partial charge in [-0.2, -0.15) is 15.8 Å². The second-order valence-electron chi connectivity index (χ2n) is 6.43. The minimum Gasteiger partial charge on any atom is -0.399 e. The Morgan fingerprint density at radius 2 is 1.92 bits per heavy atom. The molecule has 0 spiro atoms. The van der Waals surface area contributed by atoms with Gasteiger partial charge in [0.25, 0.3) is 5.69 Å². The maximum absolute atomic E-state index is 10.9. The Balaban J connectivity index is 2.30. The molecule has 128 valence electrons. The summed E-state index contributed by atoms with van der Waals surface area (Å²) < 4.78 is 0. The summed E-state index contributed by atoms with van der Waals surface area (Å²) in [6, 6.07) is 12.0. The highest BCUT2D eigenvalue weighted by atomic mass is 16.6. The van der Waals surface area contributed by atoms with Crippen molar-refractivity contribution in [2.75, 3.05) is 0 Å². The van der Waals surface area contributed by atoms with Crippen LogP contribution in [0.25, 0.3) is 0 Å². The number of hydrogen-bond donors (Lipinski definition) is 1. The number of allylic oxidation sites excluding steroid dienone is 4. The predicted molar refractivity (Wildman–Crippen MR) is 91.7 cm³/mol. The van der Waals surface area contributed by atoms with Gasteiger partial charge < -0.3 is 5.73 Å². The number of hydrogen-bond acceptors (Lipinski definition) is 6. The molecule has 3 rings (SSSR count). The predicted octanol–water partition coefficient (Wildman–Crippen LogP) is 2.97. The zero-order valence-electron chi connectivity index (χ0n) is 13.8. The molecule has 0 aliphatic heterocycles. The van der Waals surface area contributed by atoms with Crippen LogP contribution in [-0.2, 0) is 5.41 Å². The molecular formula is C19H15N5O2. The molecule has 7 heteroatoms. The largest absolute Gasteiger partial charge is 0.399 e. The zero-order valence-corrected chi connectivity index (χ0v) is 13.8. The van der Waals surface area contributed by atoms with Crippen LogP contribution >= 0.6 is 0 Å². The van der Waals surface area contributed by atoms with Crippen molar-refractivity contribution in [2.45, 2.75) is 24.7 Å². The number of fused-ring (bicyclic) bond motifs is 1. The van der Waals surface area contributed by atoms with Crippen LogP contribution in [0.4, 0.5) is 5.69 Å². The number of nitrogens with two attached hydrogens (primary N) is 1. The summed E-state index contributed by atoms with van der Waals surface area (Å²) >= 11 is 0. The van der Waals surface area contributed by atoms with Gasteiger partial charge in [0.2, 0.25) is 0 Å². The van der Waals surface area contributed by atoms with E-state index in [4.69, 9.17) is 5.73 Å². The second kappa shape index (κ2) is 6.35. The van der Waals surface area contributed by atoms with E-state index in [9.17, 15) is 25.9 Å². The topological polar surface area (TPSA) is 141 Å². The highest BCUT2D eigenvalue weighted by molar-refractivity contribution is 5.61. The van der Waals surface area contributed by atoms with E-state index in [2.05, 4.69) is 18.2 Å². The van der Waals surface area contributed by atoms with Crippen molar-refractivity contribution in [3.63, 3.8) is 0 Å². The molecule has 1 aromatic carbocycles. The molecule has 3 atom stereocenters. The Hall–Kier alpha value is -3.63. The van der Waals surface area contributed by atoms with Gasteiger partial charge in [-0.25, -0.2) is 0 Å². The molecule has 7 nitrogen and oxygen atoms in total. The van der Waals surface area contributed by atoms with Crippen LogP contribution in [-0.4, -0.2) is 4.92 Å². The van der Waals surface area contributed by atoms with E-state index in [0.717, 1.165) is 18.4 Å². The first-order chi connectivity index (χ1) is 12.5. The molecule has 0 aromatic heterocycles. The molecule has 0 unspecified atom stereocenters. The Morgan fingerprint density at radius 3 is 2.46 bits per heavy atom. The lowest BCUT2D eigenvalue weighted by molar-refractivity contribution is -0.384. The van der Waals surface area contributed by atoms with Crippen molar-refractivity contribution in [3.8, 4) is 18.2 Å². The van der Waals surface area contributed by atoms with E-state index >= 15 is 0 Å². The molecule has 0 radical (unpaired) electrons. The molecule has 0 amide bonds. The smallest absolute Gasteiger partial charge is 0.269 e. The fraction of sp³-hybridized carbons (Fsp3) is 0.316. The molecule has 0 saturated carbocycles. The Kier molecular flexibility index (Phi) is 4.20. The molecule has 2 aliphatic rings. The molecule has 0 bridgehead atoms. The van der Waals surface area contributed by atoms with E-state index in [-0.39, 0.29) is 22.9 Å². The van der Waals surface area contributed by atoms with Crippen molar-refractivity contribution < 1.29 is 4.92 Å². The van der Waals surface area contributed by atoms with Crippen LogP contribution in [0.5, 0.6) is 0 Å². The average molecular weight is 345 g/mol. The first-order valence-electron chi connectivity index (χ1n) is 8.17. The Morgan fingerprint density at radius 1 is 1.23 bits per heavy atom. The highest BCUT2D eigenvalue weighted by Crippen LogP contribution is 2.52. The van der Waals surface area contributed by atoms with E-state index in [0.29, 0.717) is 12.0 Å². The van der Waals surface area contributed by atoms with Crippen molar-refractivity contribution in [3.05, 3.63) is 62.9 Å². The third kappa shape index (κ3) is 2.24.